The number of nitrogens with two attached hydrogens (primary N) is 1. The van der Waals surface area contributed by atoms with Crippen LogP contribution in [0, 0.1) is 0 Å². The molecule has 32 heavy (non-hydrogen) atoms. The molecule has 0 spiro atoms. The molecule has 0 radical (unpaired) electrons. The van der Waals surface area contributed by atoms with Crippen LogP contribution in [-0.2, 0) is 14.2 Å². The summed E-state index contributed by atoms with van der Waals surface area (Å²) in [5.41, 5.74) is 5.25. The lowest BCUT2D eigenvalue weighted by atomic mass is 10.1. The van der Waals surface area contributed by atoms with Crippen molar-refractivity contribution in [3.05, 3.63) is 68.3 Å². The number of ether oxygens (including phenoxy) is 3. The van der Waals surface area contributed by atoms with Gasteiger partial charge in [-0.2, -0.15) is 4.98 Å². The number of halogens is 1. The average Bonchev–Trinajstić information content (AvgIpc) is 3.23. The van der Waals surface area contributed by atoms with Gasteiger partial charge in [0.15, 0.2) is 24.2 Å². The summed E-state index contributed by atoms with van der Waals surface area (Å²) >= 11 is 0.620. The molecule has 3 N–H and O–H groups in total. The van der Waals surface area contributed by atoms with Crippen molar-refractivity contribution in [3.63, 3.8) is 0 Å². The van der Waals surface area contributed by atoms with Gasteiger partial charge in [0.2, 0.25) is 5.95 Å². The van der Waals surface area contributed by atoms with E-state index in [9.17, 15) is 14.4 Å². The number of hydrogen-bond acceptors (Lipinski definition) is 9. The summed E-state index contributed by atoms with van der Waals surface area (Å²) in [6, 6.07) is 8.20. The number of nitrogens with zero attached hydrogens (tertiary/aromatic N) is 2. The van der Waals surface area contributed by atoms with Gasteiger partial charge in [0, 0.05) is 0 Å². The summed E-state index contributed by atoms with van der Waals surface area (Å²) in [6.45, 7) is 4.71. The van der Waals surface area contributed by atoms with Gasteiger partial charge in [-0.1, -0.05) is 36.1 Å². The third-order valence-corrected chi connectivity index (χ3v) is 5.68. The minimum Gasteiger partial charge on any atom is -0.488 e. The van der Waals surface area contributed by atoms with E-state index in [1.807, 2.05) is 0 Å². The lowest BCUT2D eigenvalue weighted by Gasteiger charge is -2.21. The SMILES string of the molecule is C=C(C)O[C@@H]1[C@@H](F)[C@@H](COC(=O)c2ccccc2)O[C@H]1n1c(=O)sc2c(=O)[nH]c(N)nc21. The Balaban J connectivity index is 1.65. The summed E-state index contributed by atoms with van der Waals surface area (Å²) in [6.07, 6.45) is -5.61. The minimum atomic E-state index is -1.78. The number of allylic oxidation sites excluding steroid dienone is 1. The monoisotopic (exact) mass is 462 g/mol. The number of fused-ring (bicyclic) bond motifs is 1. The molecule has 0 saturated carbocycles. The lowest BCUT2D eigenvalue weighted by Crippen LogP contribution is -2.34. The lowest BCUT2D eigenvalue weighted by molar-refractivity contribution is -0.0597. The number of carbonyl (C=O) groups is 1. The summed E-state index contributed by atoms with van der Waals surface area (Å²) < 4.78 is 32.8. The fraction of sp³-hybridized carbons (Fsp3) is 0.300. The Morgan fingerprint density at radius 2 is 2.09 bits per heavy atom. The van der Waals surface area contributed by atoms with E-state index < -0.39 is 47.6 Å². The summed E-state index contributed by atoms with van der Waals surface area (Å²) in [7, 11) is 0. The molecule has 0 aliphatic carbocycles. The molecule has 2 aromatic heterocycles. The molecule has 12 heteroatoms. The Hall–Kier alpha value is -3.51. The van der Waals surface area contributed by atoms with E-state index in [0.29, 0.717) is 16.9 Å². The molecule has 10 nitrogen and oxygen atoms in total. The standard InChI is InChI=1S/C20H19FN4O6S/c1-9(2)30-13-12(21)11(8-29-18(27)10-6-4-3-5-7-10)31-17(13)25-15-14(32-20(25)28)16(26)24-19(22)23-15/h3-7,11-13,17H,1,8H2,2H3,(H3,22,23,24,26)/t11-,12+,13-,17-/m1/s1. The van der Waals surface area contributed by atoms with E-state index in [1.165, 1.54) is 6.92 Å². The molecule has 0 amide bonds. The molecular weight excluding hydrogens is 443 g/mol. The molecule has 1 saturated heterocycles. The second kappa shape index (κ2) is 8.55. The van der Waals surface area contributed by atoms with Crippen molar-refractivity contribution in [2.75, 3.05) is 12.3 Å². The van der Waals surface area contributed by atoms with Crippen LogP contribution in [-0.4, -0.2) is 45.5 Å². The Labute approximate surface area is 184 Å². The van der Waals surface area contributed by atoms with Crippen LogP contribution >= 0.6 is 11.3 Å². The van der Waals surface area contributed by atoms with Gasteiger partial charge < -0.3 is 19.9 Å². The number of aromatic amines is 1. The zero-order valence-electron chi connectivity index (χ0n) is 16.8. The van der Waals surface area contributed by atoms with Gasteiger partial charge in [-0.15, -0.1) is 0 Å². The third-order valence-electron chi connectivity index (χ3n) is 4.74. The predicted octanol–water partition coefficient (Wildman–Crippen LogP) is 1.74. The Kier molecular flexibility index (Phi) is 5.80. The summed E-state index contributed by atoms with van der Waals surface area (Å²) in [5.74, 6) is -0.679. The average molecular weight is 462 g/mol. The second-order valence-corrected chi connectivity index (χ2v) is 8.06. The van der Waals surface area contributed by atoms with Gasteiger partial charge in [-0.3, -0.25) is 19.1 Å². The zero-order valence-corrected chi connectivity index (χ0v) is 17.6. The minimum absolute atomic E-state index is 0.0104. The quantitative estimate of drug-likeness (QED) is 0.417. The molecule has 1 aliphatic heterocycles. The number of H-pyrrole nitrogens is 1. The van der Waals surface area contributed by atoms with E-state index in [-0.39, 0.29) is 22.1 Å². The maximum absolute atomic E-state index is 15.3. The first-order valence-electron chi connectivity index (χ1n) is 9.51. The van der Waals surface area contributed by atoms with Gasteiger partial charge in [0.25, 0.3) is 5.56 Å². The third kappa shape index (κ3) is 4.01. The second-order valence-electron chi connectivity index (χ2n) is 7.10. The van der Waals surface area contributed by atoms with Crippen molar-refractivity contribution in [2.45, 2.75) is 31.5 Å². The highest BCUT2D eigenvalue weighted by molar-refractivity contribution is 7.16. The number of thiazole rings is 1. The van der Waals surface area contributed by atoms with Crippen molar-refractivity contribution in [1.29, 1.82) is 0 Å². The highest BCUT2D eigenvalue weighted by atomic mass is 32.1. The molecule has 3 aromatic rings. The van der Waals surface area contributed by atoms with Crippen LogP contribution in [0.15, 0.2) is 52.3 Å². The maximum Gasteiger partial charge on any atom is 0.338 e. The fourth-order valence-corrected chi connectivity index (χ4v) is 4.22. The van der Waals surface area contributed by atoms with Gasteiger partial charge >= 0.3 is 10.8 Å². The number of esters is 1. The summed E-state index contributed by atoms with van der Waals surface area (Å²) in [5, 5.41) is 0. The highest BCUT2D eigenvalue weighted by Gasteiger charge is 2.49. The molecular formula is C20H19FN4O6S. The number of nitrogen functional groups attached to an aromatic ring is 1. The van der Waals surface area contributed by atoms with Crippen molar-refractivity contribution in [2.24, 2.45) is 0 Å². The van der Waals surface area contributed by atoms with Crippen LogP contribution < -0.4 is 16.2 Å². The van der Waals surface area contributed by atoms with E-state index >= 15 is 4.39 Å². The van der Waals surface area contributed by atoms with Crippen LogP contribution in [0.25, 0.3) is 10.3 Å². The number of benzene rings is 1. The predicted molar refractivity (Wildman–Crippen MR) is 114 cm³/mol. The number of aromatic nitrogens is 3. The van der Waals surface area contributed by atoms with Crippen LogP contribution in [0.5, 0.6) is 0 Å². The number of anilines is 1. The Morgan fingerprint density at radius 1 is 1.38 bits per heavy atom. The largest absolute Gasteiger partial charge is 0.488 e. The number of alkyl halides is 1. The summed E-state index contributed by atoms with van der Waals surface area (Å²) in [4.78, 5) is 42.7. The highest BCUT2D eigenvalue weighted by Crippen LogP contribution is 2.36. The van der Waals surface area contributed by atoms with Crippen LogP contribution in [0.1, 0.15) is 23.5 Å². The van der Waals surface area contributed by atoms with Crippen molar-refractivity contribution in [1.82, 2.24) is 14.5 Å². The van der Waals surface area contributed by atoms with E-state index in [0.717, 1.165) is 4.57 Å². The van der Waals surface area contributed by atoms with Crippen molar-refractivity contribution < 1.29 is 23.4 Å². The fourth-order valence-electron chi connectivity index (χ4n) is 3.38. The number of rotatable bonds is 6. The molecule has 168 valence electrons. The van der Waals surface area contributed by atoms with E-state index in [1.54, 1.807) is 30.3 Å². The first-order chi connectivity index (χ1) is 15.3. The van der Waals surface area contributed by atoms with E-state index in [2.05, 4.69) is 16.5 Å². The van der Waals surface area contributed by atoms with Gasteiger partial charge in [0.1, 0.15) is 17.4 Å². The maximum atomic E-state index is 15.3. The van der Waals surface area contributed by atoms with Gasteiger partial charge in [-0.05, 0) is 19.1 Å². The van der Waals surface area contributed by atoms with Crippen molar-refractivity contribution >= 4 is 33.6 Å². The molecule has 0 unspecified atom stereocenters. The zero-order chi connectivity index (χ0) is 23.0. The first-order valence-corrected chi connectivity index (χ1v) is 10.3. The van der Waals surface area contributed by atoms with Gasteiger partial charge in [-0.25, -0.2) is 9.18 Å². The van der Waals surface area contributed by atoms with Crippen LogP contribution in [0.4, 0.5) is 10.3 Å². The molecule has 1 aliphatic rings. The number of hydrogen-bond donors (Lipinski definition) is 2. The molecule has 1 fully saturated rings. The van der Waals surface area contributed by atoms with Gasteiger partial charge in [0.05, 0.1) is 11.3 Å². The Bertz CT molecular complexity index is 1290. The Morgan fingerprint density at radius 3 is 2.78 bits per heavy atom. The number of nitrogens with one attached hydrogen (secondary N) is 1. The molecule has 3 heterocycles. The molecule has 4 atom stereocenters. The smallest absolute Gasteiger partial charge is 0.338 e. The topological polar surface area (TPSA) is 139 Å². The van der Waals surface area contributed by atoms with Crippen LogP contribution in [0.3, 0.4) is 0 Å². The number of carbonyl (C=O) groups excluding carboxylic acids is 1. The normalized spacial score (nSPS) is 22.7. The van der Waals surface area contributed by atoms with Crippen LogP contribution in [0.2, 0.25) is 0 Å². The first kappa shape index (κ1) is 21.7. The van der Waals surface area contributed by atoms with E-state index in [4.69, 9.17) is 19.9 Å². The van der Waals surface area contributed by atoms with Crippen molar-refractivity contribution in [3.8, 4) is 0 Å². The molecule has 1 aromatic carbocycles. The molecule has 0 bridgehead atoms. The molecule has 4 rings (SSSR count).